The molecule has 0 spiro atoms. The number of amides is 1. The maximum Gasteiger partial charge on any atom is 0.282 e. The number of hydrogen-bond acceptors (Lipinski definition) is 3. The molecule has 0 aliphatic heterocycles. The van der Waals surface area contributed by atoms with Crippen molar-refractivity contribution in [3.8, 4) is 0 Å². The van der Waals surface area contributed by atoms with Crippen LogP contribution in [0.25, 0.3) is 0 Å². The predicted molar refractivity (Wildman–Crippen MR) is 76.5 cm³/mol. The number of nitro benzene ring substituents is 1. The van der Waals surface area contributed by atoms with Gasteiger partial charge in [-0.15, -0.1) is 6.58 Å². The van der Waals surface area contributed by atoms with Crippen LogP contribution in [-0.2, 0) is 0 Å². The fourth-order valence-corrected chi connectivity index (χ4v) is 2.75. The smallest absolute Gasteiger partial charge is 0.282 e. The highest BCUT2D eigenvalue weighted by Gasteiger charge is 2.30. The highest BCUT2D eigenvalue weighted by Crippen LogP contribution is 2.27. The van der Waals surface area contributed by atoms with Gasteiger partial charge in [0.25, 0.3) is 11.6 Å². The van der Waals surface area contributed by atoms with Crippen LogP contribution in [0.3, 0.4) is 0 Å². The van der Waals surface area contributed by atoms with Crippen molar-refractivity contribution in [1.29, 1.82) is 0 Å². The molecule has 0 saturated heterocycles. The van der Waals surface area contributed by atoms with Gasteiger partial charge >= 0.3 is 0 Å². The lowest BCUT2D eigenvalue weighted by molar-refractivity contribution is -0.385. The highest BCUT2D eigenvalue weighted by atomic mass is 19.1. The third-order valence-corrected chi connectivity index (χ3v) is 3.74. The van der Waals surface area contributed by atoms with E-state index in [1.54, 1.807) is 11.0 Å². The van der Waals surface area contributed by atoms with Gasteiger partial charge in [0, 0.05) is 18.7 Å². The molecule has 0 N–H and O–H groups in total. The fraction of sp³-hybridized carbons (Fsp3) is 0.400. The Hall–Kier alpha value is -2.24. The molecule has 1 saturated carbocycles. The van der Waals surface area contributed by atoms with Crippen LogP contribution in [0.4, 0.5) is 10.1 Å². The Morgan fingerprint density at radius 3 is 2.71 bits per heavy atom. The summed E-state index contributed by atoms with van der Waals surface area (Å²) in [5.41, 5.74) is -0.567. The van der Waals surface area contributed by atoms with Gasteiger partial charge in [0.05, 0.1) is 4.92 Å². The molecule has 6 heteroatoms. The van der Waals surface area contributed by atoms with E-state index in [9.17, 15) is 19.3 Å². The third-order valence-electron chi connectivity index (χ3n) is 3.74. The molecule has 0 radical (unpaired) electrons. The molecule has 0 bridgehead atoms. The molecule has 1 aromatic rings. The first-order valence-corrected chi connectivity index (χ1v) is 6.90. The summed E-state index contributed by atoms with van der Waals surface area (Å²) in [7, 11) is 0. The van der Waals surface area contributed by atoms with E-state index in [1.807, 2.05) is 0 Å². The summed E-state index contributed by atoms with van der Waals surface area (Å²) in [6, 6.07) is 3.00. The summed E-state index contributed by atoms with van der Waals surface area (Å²) in [5, 5.41) is 11.0. The average molecular weight is 292 g/mol. The fourth-order valence-electron chi connectivity index (χ4n) is 2.75. The van der Waals surface area contributed by atoms with Crippen molar-refractivity contribution in [2.75, 3.05) is 6.54 Å². The summed E-state index contributed by atoms with van der Waals surface area (Å²) in [6.07, 6.45) is 5.36. The zero-order valence-corrected chi connectivity index (χ0v) is 11.6. The SMILES string of the molecule is C=CCN(C(=O)c1cc(F)ccc1[N+](=O)[O-])C1CCCC1. The zero-order chi connectivity index (χ0) is 15.4. The van der Waals surface area contributed by atoms with Crippen LogP contribution in [-0.4, -0.2) is 28.3 Å². The van der Waals surface area contributed by atoms with Crippen LogP contribution in [0.5, 0.6) is 0 Å². The van der Waals surface area contributed by atoms with E-state index in [4.69, 9.17) is 0 Å². The molecular weight excluding hydrogens is 275 g/mol. The second kappa shape index (κ2) is 6.47. The lowest BCUT2D eigenvalue weighted by Gasteiger charge is -2.27. The minimum absolute atomic E-state index is 0.0402. The van der Waals surface area contributed by atoms with E-state index >= 15 is 0 Å². The largest absolute Gasteiger partial charge is 0.332 e. The van der Waals surface area contributed by atoms with Gasteiger partial charge in [-0.2, -0.15) is 0 Å². The molecule has 21 heavy (non-hydrogen) atoms. The Kier molecular flexibility index (Phi) is 4.67. The van der Waals surface area contributed by atoms with Crippen molar-refractivity contribution in [3.63, 3.8) is 0 Å². The van der Waals surface area contributed by atoms with Gasteiger partial charge in [-0.05, 0) is 25.0 Å². The monoisotopic (exact) mass is 292 g/mol. The molecule has 2 rings (SSSR count). The Labute approximate surface area is 122 Å². The Bertz CT molecular complexity index is 568. The Morgan fingerprint density at radius 2 is 2.14 bits per heavy atom. The normalized spacial score (nSPS) is 14.9. The number of nitro groups is 1. The van der Waals surface area contributed by atoms with Crippen LogP contribution >= 0.6 is 0 Å². The van der Waals surface area contributed by atoms with Gasteiger partial charge in [0.15, 0.2) is 0 Å². The molecule has 112 valence electrons. The Balaban J connectivity index is 2.37. The molecule has 1 aromatic carbocycles. The molecular formula is C15H17FN2O3. The molecule has 0 aromatic heterocycles. The number of carbonyl (C=O) groups excluding carboxylic acids is 1. The number of benzene rings is 1. The summed E-state index contributed by atoms with van der Waals surface area (Å²) >= 11 is 0. The van der Waals surface area contributed by atoms with E-state index < -0.39 is 16.6 Å². The van der Waals surface area contributed by atoms with E-state index in [-0.39, 0.29) is 17.3 Å². The molecule has 0 unspecified atom stereocenters. The van der Waals surface area contributed by atoms with Crippen molar-refractivity contribution in [1.82, 2.24) is 4.90 Å². The first-order chi connectivity index (χ1) is 10.0. The molecule has 0 atom stereocenters. The summed E-state index contributed by atoms with van der Waals surface area (Å²) in [6.45, 7) is 3.92. The first-order valence-electron chi connectivity index (χ1n) is 6.90. The summed E-state index contributed by atoms with van der Waals surface area (Å²) in [4.78, 5) is 24.5. The van der Waals surface area contributed by atoms with Crippen molar-refractivity contribution in [2.24, 2.45) is 0 Å². The van der Waals surface area contributed by atoms with Gasteiger partial charge in [0.2, 0.25) is 0 Å². The van der Waals surface area contributed by atoms with E-state index in [0.29, 0.717) is 6.54 Å². The maximum absolute atomic E-state index is 13.4. The second-order valence-electron chi connectivity index (χ2n) is 5.10. The van der Waals surface area contributed by atoms with E-state index in [0.717, 1.165) is 43.9 Å². The van der Waals surface area contributed by atoms with Crippen LogP contribution in [0.1, 0.15) is 36.0 Å². The third kappa shape index (κ3) is 3.26. The molecule has 1 fully saturated rings. The van der Waals surface area contributed by atoms with E-state index in [1.165, 1.54) is 0 Å². The zero-order valence-electron chi connectivity index (χ0n) is 11.6. The number of halogens is 1. The molecule has 5 nitrogen and oxygen atoms in total. The van der Waals surface area contributed by atoms with Crippen molar-refractivity contribution in [3.05, 3.63) is 52.3 Å². The maximum atomic E-state index is 13.4. The second-order valence-corrected chi connectivity index (χ2v) is 5.10. The van der Waals surface area contributed by atoms with Gasteiger partial charge < -0.3 is 4.90 Å². The number of rotatable bonds is 5. The molecule has 0 heterocycles. The van der Waals surface area contributed by atoms with Crippen molar-refractivity contribution < 1.29 is 14.1 Å². The topological polar surface area (TPSA) is 63.5 Å². The van der Waals surface area contributed by atoms with Gasteiger partial charge in [0.1, 0.15) is 11.4 Å². The van der Waals surface area contributed by atoms with Crippen molar-refractivity contribution >= 4 is 11.6 Å². The van der Waals surface area contributed by atoms with Gasteiger partial charge in [-0.3, -0.25) is 14.9 Å². The Morgan fingerprint density at radius 1 is 1.48 bits per heavy atom. The predicted octanol–water partition coefficient (Wildman–Crippen LogP) is 3.30. The lowest BCUT2D eigenvalue weighted by Crippen LogP contribution is -2.39. The number of nitrogens with zero attached hydrogens (tertiary/aromatic N) is 2. The quantitative estimate of drug-likeness (QED) is 0.475. The highest BCUT2D eigenvalue weighted by molar-refractivity contribution is 5.98. The van der Waals surface area contributed by atoms with Crippen LogP contribution in [0.15, 0.2) is 30.9 Å². The van der Waals surface area contributed by atoms with Crippen molar-refractivity contribution in [2.45, 2.75) is 31.7 Å². The molecule has 1 aliphatic rings. The minimum Gasteiger partial charge on any atom is -0.332 e. The van der Waals surface area contributed by atoms with Crippen LogP contribution in [0, 0.1) is 15.9 Å². The van der Waals surface area contributed by atoms with Crippen LogP contribution < -0.4 is 0 Å². The number of hydrogen-bond donors (Lipinski definition) is 0. The summed E-state index contributed by atoms with van der Waals surface area (Å²) < 4.78 is 13.4. The first kappa shape index (κ1) is 15.2. The van der Waals surface area contributed by atoms with Gasteiger partial charge in [-0.25, -0.2) is 4.39 Å². The summed E-state index contributed by atoms with van der Waals surface area (Å²) in [5.74, 6) is -1.16. The lowest BCUT2D eigenvalue weighted by atomic mass is 10.1. The standard InChI is InChI=1S/C15H17FN2O3/c1-2-9-17(12-5-3-4-6-12)15(19)13-10-11(16)7-8-14(13)18(20)21/h2,7-8,10,12H,1,3-6,9H2. The minimum atomic E-state index is -0.659. The van der Waals surface area contributed by atoms with E-state index in [2.05, 4.69) is 6.58 Å². The molecule has 1 amide bonds. The number of carbonyl (C=O) groups is 1. The van der Waals surface area contributed by atoms with Crippen LogP contribution in [0.2, 0.25) is 0 Å². The average Bonchev–Trinajstić information content (AvgIpc) is 2.97. The molecule has 1 aliphatic carbocycles. The van der Waals surface area contributed by atoms with Gasteiger partial charge in [-0.1, -0.05) is 18.9 Å².